The number of rotatable bonds is 7. The second-order valence-corrected chi connectivity index (χ2v) is 5.79. The smallest absolute Gasteiger partial charge is 0.252 e. The molecule has 1 amide bonds. The molecule has 2 nitrogen and oxygen atoms in total. The van der Waals surface area contributed by atoms with Gasteiger partial charge in [-0.25, -0.2) is 0 Å². The number of carbonyl (C=O) groups is 1. The SMILES string of the molecule is O=C(NCCCCCCCl)c1csc2ccccc12. The molecule has 0 fully saturated rings. The molecule has 2 aromatic rings. The second kappa shape index (κ2) is 7.51. The van der Waals surface area contributed by atoms with Gasteiger partial charge in [0.1, 0.15) is 0 Å². The van der Waals surface area contributed by atoms with Crippen molar-refractivity contribution in [3.05, 3.63) is 35.2 Å². The van der Waals surface area contributed by atoms with Crippen molar-refractivity contribution in [2.45, 2.75) is 25.7 Å². The molecule has 0 aliphatic rings. The summed E-state index contributed by atoms with van der Waals surface area (Å²) in [5, 5.41) is 5.98. The minimum Gasteiger partial charge on any atom is -0.352 e. The first kappa shape index (κ1) is 14.4. The molecule has 0 aliphatic heterocycles. The molecule has 1 aromatic heterocycles. The van der Waals surface area contributed by atoms with Crippen molar-refractivity contribution in [3.8, 4) is 0 Å². The lowest BCUT2D eigenvalue weighted by molar-refractivity contribution is 0.0955. The van der Waals surface area contributed by atoms with Crippen LogP contribution in [0.25, 0.3) is 10.1 Å². The highest BCUT2D eigenvalue weighted by Crippen LogP contribution is 2.25. The summed E-state index contributed by atoms with van der Waals surface area (Å²) in [6.45, 7) is 0.741. The summed E-state index contributed by atoms with van der Waals surface area (Å²) in [6, 6.07) is 8.01. The number of alkyl halides is 1. The minimum absolute atomic E-state index is 0.0368. The molecule has 0 saturated heterocycles. The molecule has 19 heavy (non-hydrogen) atoms. The molecule has 0 atom stereocenters. The predicted molar refractivity (Wildman–Crippen MR) is 83.3 cm³/mol. The summed E-state index contributed by atoms with van der Waals surface area (Å²) in [5.74, 6) is 0.766. The first-order chi connectivity index (χ1) is 9.33. The van der Waals surface area contributed by atoms with Crippen LogP contribution in [0, 0.1) is 0 Å². The quantitative estimate of drug-likeness (QED) is 0.594. The molecule has 1 aromatic carbocycles. The van der Waals surface area contributed by atoms with E-state index >= 15 is 0 Å². The molecule has 1 heterocycles. The zero-order valence-corrected chi connectivity index (χ0v) is 12.4. The van der Waals surface area contributed by atoms with E-state index < -0.39 is 0 Å². The maximum Gasteiger partial charge on any atom is 0.252 e. The van der Waals surface area contributed by atoms with Crippen LogP contribution in [-0.4, -0.2) is 18.3 Å². The van der Waals surface area contributed by atoms with E-state index in [4.69, 9.17) is 11.6 Å². The van der Waals surface area contributed by atoms with Gasteiger partial charge in [-0.15, -0.1) is 22.9 Å². The minimum atomic E-state index is 0.0368. The fraction of sp³-hybridized carbons (Fsp3) is 0.400. The Bertz CT molecular complexity index is 538. The lowest BCUT2D eigenvalue weighted by Gasteiger charge is -2.04. The van der Waals surface area contributed by atoms with Gasteiger partial charge in [0.05, 0.1) is 5.56 Å². The van der Waals surface area contributed by atoms with E-state index in [1.807, 2.05) is 29.6 Å². The highest BCUT2D eigenvalue weighted by molar-refractivity contribution is 7.17. The first-order valence-corrected chi connectivity index (χ1v) is 8.04. The van der Waals surface area contributed by atoms with E-state index in [0.717, 1.165) is 53.8 Å². The molecule has 2 rings (SSSR count). The topological polar surface area (TPSA) is 29.1 Å². The van der Waals surface area contributed by atoms with E-state index in [9.17, 15) is 4.79 Å². The third-order valence-corrected chi connectivity index (χ3v) is 4.30. The number of nitrogens with one attached hydrogen (secondary N) is 1. The van der Waals surface area contributed by atoms with Gasteiger partial charge in [-0.3, -0.25) is 4.79 Å². The van der Waals surface area contributed by atoms with E-state index in [2.05, 4.69) is 5.32 Å². The van der Waals surface area contributed by atoms with Crippen molar-refractivity contribution < 1.29 is 4.79 Å². The van der Waals surface area contributed by atoms with Crippen molar-refractivity contribution in [2.75, 3.05) is 12.4 Å². The zero-order valence-electron chi connectivity index (χ0n) is 10.8. The highest BCUT2D eigenvalue weighted by Gasteiger charge is 2.10. The Morgan fingerprint density at radius 3 is 2.79 bits per heavy atom. The molecule has 0 saturated carbocycles. The molecule has 102 valence electrons. The fourth-order valence-electron chi connectivity index (χ4n) is 2.02. The fourth-order valence-corrected chi connectivity index (χ4v) is 3.15. The molecule has 0 aliphatic carbocycles. The number of hydrogen-bond donors (Lipinski definition) is 1. The lowest BCUT2D eigenvalue weighted by atomic mass is 10.1. The number of unbranched alkanes of at least 4 members (excludes halogenated alkanes) is 3. The average Bonchev–Trinajstić information content (AvgIpc) is 2.86. The second-order valence-electron chi connectivity index (χ2n) is 4.50. The van der Waals surface area contributed by atoms with Gasteiger partial charge < -0.3 is 5.32 Å². The molecule has 0 spiro atoms. The van der Waals surface area contributed by atoms with Crippen LogP contribution in [0.5, 0.6) is 0 Å². The Hall–Kier alpha value is -1.06. The van der Waals surface area contributed by atoms with Gasteiger partial charge in [0.2, 0.25) is 0 Å². The predicted octanol–water partition coefficient (Wildman–Crippen LogP) is 4.43. The lowest BCUT2D eigenvalue weighted by Crippen LogP contribution is -2.24. The standard InChI is InChI=1S/C15H18ClNOS/c16-9-5-1-2-6-10-17-15(18)13-11-19-14-8-4-3-7-12(13)14/h3-4,7-8,11H,1-2,5-6,9-10H2,(H,17,18). The van der Waals surface area contributed by atoms with Gasteiger partial charge in [-0.05, 0) is 18.9 Å². The average molecular weight is 296 g/mol. The van der Waals surface area contributed by atoms with E-state index in [1.54, 1.807) is 11.3 Å². The van der Waals surface area contributed by atoms with Crippen molar-refractivity contribution >= 4 is 38.9 Å². The van der Waals surface area contributed by atoms with Gasteiger partial charge in [-0.1, -0.05) is 31.0 Å². The zero-order chi connectivity index (χ0) is 13.5. The van der Waals surface area contributed by atoms with Gasteiger partial charge in [-0.2, -0.15) is 0 Å². The molecule has 0 unspecified atom stereocenters. The van der Waals surface area contributed by atoms with Crippen molar-refractivity contribution in [1.29, 1.82) is 0 Å². The third kappa shape index (κ3) is 3.95. The number of hydrogen-bond acceptors (Lipinski definition) is 2. The molecule has 0 radical (unpaired) electrons. The first-order valence-electron chi connectivity index (χ1n) is 6.63. The summed E-state index contributed by atoms with van der Waals surface area (Å²) in [6.07, 6.45) is 4.34. The molecule has 0 bridgehead atoms. The summed E-state index contributed by atoms with van der Waals surface area (Å²) >= 11 is 7.24. The number of benzene rings is 1. The van der Waals surface area contributed by atoms with Gasteiger partial charge in [0, 0.05) is 27.9 Å². The van der Waals surface area contributed by atoms with E-state index in [0.29, 0.717) is 0 Å². The molecular formula is C15H18ClNOS. The summed E-state index contributed by atoms with van der Waals surface area (Å²) in [5.41, 5.74) is 0.793. The maximum atomic E-state index is 12.1. The maximum absolute atomic E-state index is 12.1. The van der Waals surface area contributed by atoms with Crippen LogP contribution in [0.15, 0.2) is 29.6 Å². The van der Waals surface area contributed by atoms with Gasteiger partial charge in [0.25, 0.3) is 5.91 Å². The van der Waals surface area contributed by atoms with E-state index in [1.165, 1.54) is 0 Å². The summed E-state index contributed by atoms with van der Waals surface area (Å²) in [4.78, 5) is 12.1. The van der Waals surface area contributed by atoms with E-state index in [-0.39, 0.29) is 5.91 Å². The van der Waals surface area contributed by atoms with Gasteiger partial charge >= 0.3 is 0 Å². The Labute approximate surface area is 122 Å². The number of amides is 1. The van der Waals surface area contributed by atoms with Crippen molar-refractivity contribution in [3.63, 3.8) is 0 Å². The van der Waals surface area contributed by atoms with Crippen molar-refractivity contribution in [1.82, 2.24) is 5.32 Å². The normalized spacial score (nSPS) is 10.8. The Morgan fingerprint density at radius 1 is 1.16 bits per heavy atom. The summed E-state index contributed by atoms with van der Waals surface area (Å²) < 4.78 is 1.16. The number of fused-ring (bicyclic) bond motifs is 1. The highest BCUT2D eigenvalue weighted by atomic mass is 35.5. The van der Waals surface area contributed by atoms with Crippen LogP contribution < -0.4 is 5.32 Å². The Morgan fingerprint density at radius 2 is 1.95 bits per heavy atom. The van der Waals surface area contributed by atoms with Crippen LogP contribution in [0.4, 0.5) is 0 Å². The van der Waals surface area contributed by atoms with Crippen LogP contribution in [0.1, 0.15) is 36.0 Å². The number of carbonyl (C=O) groups excluding carboxylic acids is 1. The number of thiophene rings is 1. The van der Waals surface area contributed by atoms with Crippen LogP contribution in [0.2, 0.25) is 0 Å². The van der Waals surface area contributed by atoms with Crippen LogP contribution in [-0.2, 0) is 0 Å². The third-order valence-electron chi connectivity index (χ3n) is 3.07. The molecule has 4 heteroatoms. The Balaban J connectivity index is 1.83. The summed E-state index contributed by atoms with van der Waals surface area (Å²) in [7, 11) is 0. The molecular weight excluding hydrogens is 278 g/mol. The largest absolute Gasteiger partial charge is 0.352 e. The Kier molecular flexibility index (Phi) is 5.67. The van der Waals surface area contributed by atoms with Crippen LogP contribution >= 0.6 is 22.9 Å². The van der Waals surface area contributed by atoms with Gasteiger partial charge in [0.15, 0.2) is 0 Å². The number of halogens is 1. The monoisotopic (exact) mass is 295 g/mol. The molecule has 1 N–H and O–H groups in total. The van der Waals surface area contributed by atoms with Crippen LogP contribution in [0.3, 0.4) is 0 Å². The van der Waals surface area contributed by atoms with Crippen molar-refractivity contribution in [2.24, 2.45) is 0 Å².